The van der Waals surface area contributed by atoms with E-state index in [0.29, 0.717) is 13.0 Å². The van der Waals surface area contributed by atoms with Crippen LogP contribution in [0, 0.1) is 5.92 Å². The molecule has 2 heterocycles. The van der Waals surface area contributed by atoms with Crippen molar-refractivity contribution in [3.8, 4) is 0 Å². The van der Waals surface area contributed by atoms with Crippen LogP contribution in [0.2, 0.25) is 0 Å². The summed E-state index contributed by atoms with van der Waals surface area (Å²) in [5.41, 5.74) is 0.832. The average Bonchev–Trinajstić information content (AvgIpc) is 2.33. The Hall–Kier alpha value is -0.740. The number of Topliss-reactive ketones (excluding diaryl/α,β-unsaturated/α-hetero) is 1. The lowest BCUT2D eigenvalue weighted by Crippen LogP contribution is -2.26. The van der Waals surface area contributed by atoms with Crippen molar-refractivity contribution >= 4 is 21.7 Å². The van der Waals surface area contributed by atoms with Gasteiger partial charge in [-0.2, -0.15) is 0 Å². The smallest absolute Gasteiger partial charge is 0.144 e. The summed E-state index contributed by atoms with van der Waals surface area (Å²) in [6.07, 6.45) is 4.08. The minimum absolute atomic E-state index is 0.0687. The Kier molecular flexibility index (Phi) is 4.07. The van der Waals surface area contributed by atoms with Gasteiger partial charge in [0.05, 0.1) is 6.61 Å². The van der Waals surface area contributed by atoms with E-state index >= 15 is 0 Å². The van der Waals surface area contributed by atoms with E-state index in [1.54, 1.807) is 6.20 Å². The van der Waals surface area contributed by atoms with Gasteiger partial charge in [-0.1, -0.05) is 0 Å². The monoisotopic (exact) mass is 283 g/mol. The predicted octanol–water partition coefficient (Wildman–Crippen LogP) is 2.38. The Labute approximate surface area is 103 Å². The third-order valence-electron chi connectivity index (χ3n) is 2.76. The molecule has 1 aliphatic rings. The van der Waals surface area contributed by atoms with Crippen LogP contribution in [-0.2, 0) is 16.0 Å². The number of carbonyl (C=O) groups excluding carboxylic acids is 1. The number of aromatic nitrogens is 1. The molecule has 1 atom stereocenters. The highest BCUT2D eigenvalue weighted by atomic mass is 79.9. The highest BCUT2D eigenvalue weighted by molar-refractivity contribution is 9.10. The fraction of sp³-hybridized carbons (Fsp3) is 0.500. The molecule has 1 aromatic heterocycles. The van der Waals surface area contributed by atoms with Crippen LogP contribution in [0.1, 0.15) is 18.5 Å². The normalized spacial score (nSPS) is 20.7. The zero-order valence-electron chi connectivity index (χ0n) is 8.99. The van der Waals surface area contributed by atoms with E-state index in [1.165, 1.54) is 0 Å². The Morgan fingerprint density at radius 2 is 2.44 bits per heavy atom. The van der Waals surface area contributed by atoms with Crippen LogP contribution in [0.5, 0.6) is 0 Å². The number of ketones is 1. The van der Waals surface area contributed by atoms with E-state index in [4.69, 9.17) is 4.74 Å². The number of carbonyl (C=O) groups is 1. The van der Waals surface area contributed by atoms with Crippen LogP contribution in [0.25, 0.3) is 0 Å². The van der Waals surface area contributed by atoms with Gasteiger partial charge in [0, 0.05) is 35.3 Å². The third kappa shape index (κ3) is 3.12. The number of nitrogens with zero attached hydrogens (tertiary/aromatic N) is 1. The van der Waals surface area contributed by atoms with Crippen LogP contribution in [0.4, 0.5) is 0 Å². The van der Waals surface area contributed by atoms with Crippen molar-refractivity contribution in [1.82, 2.24) is 4.98 Å². The molecule has 1 aliphatic heterocycles. The van der Waals surface area contributed by atoms with Crippen molar-refractivity contribution in [1.29, 1.82) is 0 Å². The molecule has 0 amide bonds. The van der Waals surface area contributed by atoms with Crippen LogP contribution in [0.15, 0.2) is 22.8 Å². The van der Waals surface area contributed by atoms with Gasteiger partial charge in [-0.3, -0.25) is 9.78 Å². The molecule has 86 valence electrons. The van der Waals surface area contributed by atoms with Crippen molar-refractivity contribution in [2.24, 2.45) is 5.92 Å². The van der Waals surface area contributed by atoms with E-state index in [1.807, 2.05) is 12.1 Å². The number of hydrogen-bond acceptors (Lipinski definition) is 3. The van der Waals surface area contributed by atoms with Gasteiger partial charge in [0.1, 0.15) is 5.78 Å². The number of rotatable bonds is 3. The lowest BCUT2D eigenvalue weighted by Gasteiger charge is -2.20. The first kappa shape index (κ1) is 11.7. The Morgan fingerprint density at radius 1 is 1.56 bits per heavy atom. The summed E-state index contributed by atoms with van der Waals surface area (Å²) in [6.45, 7) is 1.37. The molecule has 3 nitrogen and oxygen atoms in total. The Bertz CT molecular complexity index is 358. The minimum Gasteiger partial charge on any atom is -0.381 e. The molecule has 0 aliphatic carbocycles. The van der Waals surface area contributed by atoms with Crippen LogP contribution < -0.4 is 0 Å². The standard InChI is InChI=1S/C12H14BrNO2/c13-10-3-4-11(14-7-10)6-12(15)9-2-1-5-16-8-9/h3-4,7,9H,1-2,5-6,8H2. The molecular formula is C12H14BrNO2. The molecule has 1 aromatic rings. The van der Waals surface area contributed by atoms with Gasteiger partial charge in [-0.05, 0) is 40.9 Å². The zero-order valence-corrected chi connectivity index (χ0v) is 10.6. The summed E-state index contributed by atoms with van der Waals surface area (Å²) in [6, 6.07) is 3.79. The molecule has 16 heavy (non-hydrogen) atoms. The van der Waals surface area contributed by atoms with E-state index in [-0.39, 0.29) is 11.7 Å². The van der Waals surface area contributed by atoms with Gasteiger partial charge in [-0.25, -0.2) is 0 Å². The molecule has 2 rings (SSSR count). The number of halogens is 1. The fourth-order valence-corrected chi connectivity index (χ4v) is 2.06. The van der Waals surface area contributed by atoms with Crippen molar-refractivity contribution in [2.45, 2.75) is 19.3 Å². The molecule has 1 fully saturated rings. The largest absolute Gasteiger partial charge is 0.381 e. The van der Waals surface area contributed by atoms with Crippen molar-refractivity contribution in [3.05, 3.63) is 28.5 Å². The maximum atomic E-state index is 11.9. The Morgan fingerprint density at radius 3 is 3.06 bits per heavy atom. The molecule has 0 saturated carbocycles. The molecular weight excluding hydrogens is 270 g/mol. The first-order valence-corrected chi connectivity index (χ1v) is 6.26. The van der Waals surface area contributed by atoms with Crippen LogP contribution >= 0.6 is 15.9 Å². The van der Waals surface area contributed by atoms with Gasteiger partial charge in [0.25, 0.3) is 0 Å². The third-order valence-corrected chi connectivity index (χ3v) is 3.23. The minimum atomic E-state index is 0.0687. The Balaban J connectivity index is 1.93. The fourth-order valence-electron chi connectivity index (χ4n) is 1.83. The first-order valence-electron chi connectivity index (χ1n) is 5.46. The van der Waals surface area contributed by atoms with E-state index < -0.39 is 0 Å². The molecule has 0 N–H and O–H groups in total. The predicted molar refractivity (Wildman–Crippen MR) is 64.2 cm³/mol. The summed E-state index contributed by atoms with van der Waals surface area (Å²) in [7, 11) is 0. The van der Waals surface area contributed by atoms with Gasteiger partial charge in [-0.15, -0.1) is 0 Å². The van der Waals surface area contributed by atoms with Gasteiger partial charge in [0.15, 0.2) is 0 Å². The van der Waals surface area contributed by atoms with E-state index in [0.717, 1.165) is 29.6 Å². The summed E-state index contributed by atoms with van der Waals surface area (Å²) in [5, 5.41) is 0. The molecule has 0 aromatic carbocycles. The summed E-state index contributed by atoms with van der Waals surface area (Å²) in [4.78, 5) is 16.1. The van der Waals surface area contributed by atoms with Crippen LogP contribution in [-0.4, -0.2) is 24.0 Å². The molecule has 1 unspecified atom stereocenters. The number of hydrogen-bond donors (Lipinski definition) is 0. The highest BCUT2D eigenvalue weighted by Crippen LogP contribution is 2.17. The zero-order chi connectivity index (χ0) is 11.4. The maximum absolute atomic E-state index is 11.9. The average molecular weight is 284 g/mol. The highest BCUT2D eigenvalue weighted by Gasteiger charge is 2.21. The molecule has 0 bridgehead atoms. The lowest BCUT2D eigenvalue weighted by atomic mass is 9.94. The number of ether oxygens (including phenoxy) is 1. The molecule has 1 saturated heterocycles. The summed E-state index contributed by atoms with van der Waals surface area (Å²) >= 11 is 3.32. The SMILES string of the molecule is O=C(Cc1ccc(Br)cn1)C1CCCOC1. The number of pyridine rings is 1. The van der Waals surface area contributed by atoms with Crippen molar-refractivity contribution in [2.75, 3.05) is 13.2 Å². The van der Waals surface area contributed by atoms with Gasteiger partial charge in [0.2, 0.25) is 0 Å². The van der Waals surface area contributed by atoms with Crippen molar-refractivity contribution in [3.63, 3.8) is 0 Å². The second kappa shape index (κ2) is 5.55. The molecule has 0 radical (unpaired) electrons. The summed E-state index contributed by atoms with van der Waals surface area (Å²) in [5.74, 6) is 0.314. The molecule has 4 heteroatoms. The molecule has 0 spiro atoms. The van der Waals surface area contributed by atoms with Gasteiger partial charge >= 0.3 is 0 Å². The topological polar surface area (TPSA) is 39.2 Å². The first-order chi connectivity index (χ1) is 7.75. The van der Waals surface area contributed by atoms with Crippen molar-refractivity contribution < 1.29 is 9.53 Å². The van der Waals surface area contributed by atoms with Gasteiger partial charge < -0.3 is 4.74 Å². The van der Waals surface area contributed by atoms with E-state index in [9.17, 15) is 4.79 Å². The van der Waals surface area contributed by atoms with Crippen LogP contribution in [0.3, 0.4) is 0 Å². The second-order valence-electron chi connectivity index (χ2n) is 4.02. The quantitative estimate of drug-likeness (QED) is 0.855. The van der Waals surface area contributed by atoms with E-state index in [2.05, 4.69) is 20.9 Å². The summed E-state index contributed by atoms with van der Waals surface area (Å²) < 4.78 is 6.25. The second-order valence-corrected chi connectivity index (χ2v) is 4.94. The maximum Gasteiger partial charge on any atom is 0.144 e. The lowest BCUT2D eigenvalue weighted by molar-refractivity contribution is -0.126.